The molecule has 6 nitrogen and oxygen atoms in total. The first-order valence-electron chi connectivity index (χ1n) is 9.07. The number of carbonyl (C=O) groups is 2. The number of hydrogen-bond acceptors (Lipinski definition) is 4. The fourth-order valence-electron chi connectivity index (χ4n) is 2.50. The van der Waals surface area contributed by atoms with Crippen LogP contribution >= 0.6 is 23.2 Å². The number of carbonyl (C=O) groups excluding carboxylic acids is 2. The number of ether oxygens (including phenoxy) is 1. The Bertz CT molecular complexity index is 984. The second kappa shape index (κ2) is 11.2. The lowest BCUT2D eigenvalue weighted by Crippen LogP contribution is -2.48. The summed E-state index contributed by atoms with van der Waals surface area (Å²) in [6, 6.07) is 10.8. The van der Waals surface area contributed by atoms with E-state index in [2.05, 4.69) is 21.8 Å². The van der Waals surface area contributed by atoms with E-state index in [0.717, 1.165) is 0 Å². The van der Waals surface area contributed by atoms with Crippen LogP contribution in [0.3, 0.4) is 0 Å². The minimum absolute atomic E-state index is 0.117. The van der Waals surface area contributed by atoms with Gasteiger partial charge >= 0.3 is 0 Å². The first-order chi connectivity index (χ1) is 14.3. The van der Waals surface area contributed by atoms with Crippen LogP contribution in [0, 0.1) is 18.3 Å². The molecule has 2 aromatic rings. The van der Waals surface area contributed by atoms with Gasteiger partial charge in [-0.25, -0.2) is 5.43 Å². The average Bonchev–Trinajstić information content (AvgIpc) is 2.70. The quantitative estimate of drug-likeness (QED) is 0.367. The topological polar surface area (TPSA) is 79.8 Å². The highest BCUT2D eigenvalue weighted by Crippen LogP contribution is 2.21. The molecule has 2 rings (SSSR count). The summed E-state index contributed by atoms with van der Waals surface area (Å²) in [6.45, 7) is 3.73. The van der Waals surface area contributed by atoms with E-state index in [-0.39, 0.29) is 23.1 Å². The van der Waals surface area contributed by atoms with E-state index in [1.807, 2.05) is 0 Å². The molecule has 0 heterocycles. The minimum Gasteiger partial charge on any atom is -0.480 e. The third-order valence-corrected chi connectivity index (χ3v) is 4.57. The van der Waals surface area contributed by atoms with Crippen LogP contribution < -0.4 is 15.5 Å². The van der Waals surface area contributed by atoms with E-state index in [4.69, 9.17) is 34.4 Å². The van der Waals surface area contributed by atoms with E-state index < -0.39 is 17.9 Å². The Hall–Kier alpha value is -3.01. The zero-order valence-electron chi connectivity index (χ0n) is 16.5. The summed E-state index contributed by atoms with van der Waals surface area (Å²) in [5, 5.41) is 7.26. The van der Waals surface area contributed by atoms with Crippen molar-refractivity contribution in [3.63, 3.8) is 0 Å². The number of hydrogen-bond donors (Lipinski definition) is 2. The summed E-state index contributed by atoms with van der Waals surface area (Å²) in [5.74, 6) is 1.78. The molecule has 2 aromatic carbocycles. The van der Waals surface area contributed by atoms with Gasteiger partial charge in [-0.1, -0.05) is 55.1 Å². The van der Waals surface area contributed by atoms with E-state index in [1.54, 1.807) is 44.2 Å². The molecule has 1 atom stereocenters. The van der Waals surface area contributed by atoms with Crippen molar-refractivity contribution in [3.8, 4) is 18.1 Å². The molecular formula is C22H21Cl2N3O3. The Morgan fingerprint density at radius 3 is 2.63 bits per heavy atom. The first-order valence-corrected chi connectivity index (χ1v) is 9.83. The summed E-state index contributed by atoms with van der Waals surface area (Å²) < 4.78 is 5.43. The maximum atomic E-state index is 12.6. The lowest BCUT2D eigenvalue weighted by atomic mass is 10.0. The molecule has 0 aliphatic carbocycles. The molecule has 30 heavy (non-hydrogen) atoms. The van der Waals surface area contributed by atoms with Gasteiger partial charge in [0, 0.05) is 10.6 Å². The van der Waals surface area contributed by atoms with Crippen molar-refractivity contribution in [2.24, 2.45) is 11.0 Å². The Kier molecular flexibility index (Phi) is 8.72. The van der Waals surface area contributed by atoms with Crippen LogP contribution in [0.15, 0.2) is 47.6 Å². The van der Waals surface area contributed by atoms with Gasteiger partial charge in [0.05, 0.1) is 16.8 Å². The number of benzene rings is 2. The molecular weight excluding hydrogens is 425 g/mol. The second-order valence-electron chi connectivity index (χ2n) is 6.58. The molecule has 0 saturated heterocycles. The summed E-state index contributed by atoms with van der Waals surface area (Å²) in [7, 11) is 0. The highest BCUT2D eigenvalue weighted by Gasteiger charge is 2.25. The minimum atomic E-state index is -0.825. The summed E-state index contributed by atoms with van der Waals surface area (Å²) in [6.07, 6.45) is 6.65. The molecule has 0 aromatic heterocycles. The summed E-state index contributed by atoms with van der Waals surface area (Å²) >= 11 is 11.9. The number of halogens is 2. The third kappa shape index (κ3) is 6.51. The molecule has 0 bridgehead atoms. The lowest BCUT2D eigenvalue weighted by molar-refractivity contribution is -0.123. The molecule has 156 valence electrons. The van der Waals surface area contributed by atoms with E-state index in [0.29, 0.717) is 16.3 Å². The number of nitrogens with zero attached hydrogens (tertiary/aromatic N) is 1. The third-order valence-electron chi connectivity index (χ3n) is 4.02. The van der Waals surface area contributed by atoms with E-state index in [1.165, 1.54) is 18.3 Å². The Balaban J connectivity index is 2.07. The number of amides is 2. The average molecular weight is 446 g/mol. The maximum Gasteiger partial charge on any atom is 0.262 e. The molecule has 0 aliphatic heterocycles. The van der Waals surface area contributed by atoms with Gasteiger partial charge in [0.25, 0.3) is 11.8 Å². The monoisotopic (exact) mass is 445 g/mol. The van der Waals surface area contributed by atoms with Gasteiger partial charge in [0.1, 0.15) is 18.4 Å². The zero-order valence-corrected chi connectivity index (χ0v) is 18.0. The molecule has 2 amide bonds. The number of terminal acetylenes is 1. The van der Waals surface area contributed by atoms with Crippen molar-refractivity contribution in [1.82, 2.24) is 10.7 Å². The van der Waals surface area contributed by atoms with Gasteiger partial charge < -0.3 is 10.1 Å². The summed E-state index contributed by atoms with van der Waals surface area (Å²) in [4.78, 5) is 25.1. The van der Waals surface area contributed by atoms with Crippen molar-refractivity contribution in [2.75, 3.05) is 6.61 Å². The van der Waals surface area contributed by atoms with Crippen LogP contribution in [-0.4, -0.2) is 30.7 Å². The Morgan fingerprint density at radius 2 is 1.97 bits per heavy atom. The number of nitrogens with one attached hydrogen (secondary N) is 2. The van der Waals surface area contributed by atoms with Crippen LogP contribution in [-0.2, 0) is 4.79 Å². The van der Waals surface area contributed by atoms with Gasteiger partial charge in [-0.15, -0.1) is 6.42 Å². The number of rotatable bonds is 8. The fourth-order valence-corrected chi connectivity index (χ4v) is 2.99. The van der Waals surface area contributed by atoms with Crippen LogP contribution in [0.4, 0.5) is 0 Å². The second-order valence-corrected chi connectivity index (χ2v) is 7.43. The van der Waals surface area contributed by atoms with E-state index >= 15 is 0 Å². The molecule has 8 heteroatoms. The molecule has 0 radical (unpaired) electrons. The van der Waals surface area contributed by atoms with Crippen molar-refractivity contribution in [2.45, 2.75) is 19.9 Å². The number of para-hydroxylation sites is 1. The van der Waals surface area contributed by atoms with Gasteiger partial charge in [-0.05, 0) is 36.2 Å². The van der Waals surface area contributed by atoms with Gasteiger partial charge in [-0.3, -0.25) is 9.59 Å². The molecule has 0 aliphatic rings. The molecule has 0 spiro atoms. The maximum absolute atomic E-state index is 12.6. The predicted octanol–water partition coefficient (Wildman–Crippen LogP) is 3.91. The summed E-state index contributed by atoms with van der Waals surface area (Å²) in [5.41, 5.74) is 3.31. The van der Waals surface area contributed by atoms with Gasteiger partial charge in [-0.2, -0.15) is 5.10 Å². The van der Waals surface area contributed by atoms with Crippen LogP contribution in [0.5, 0.6) is 5.75 Å². The highest BCUT2D eigenvalue weighted by atomic mass is 35.5. The van der Waals surface area contributed by atoms with Gasteiger partial charge in [0.2, 0.25) is 0 Å². The largest absolute Gasteiger partial charge is 0.480 e. The first kappa shape index (κ1) is 23.3. The van der Waals surface area contributed by atoms with Crippen molar-refractivity contribution in [3.05, 3.63) is 63.6 Å². The van der Waals surface area contributed by atoms with Crippen LogP contribution in [0.1, 0.15) is 29.8 Å². The molecule has 2 N–H and O–H groups in total. The standard InChI is InChI=1S/C22H21Cl2N3O3/c1-4-11-30-19-8-6-5-7-15(19)13-25-27-22(29)20(14(2)3)26-21(28)17-10-9-16(23)12-18(17)24/h1,5-10,12-14,20H,11H2,2-3H3,(H,26,28)(H,27,29)/b25-13+. The molecule has 0 fully saturated rings. The molecule has 1 unspecified atom stereocenters. The zero-order chi connectivity index (χ0) is 22.1. The van der Waals surface area contributed by atoms with Gasteiger partial charge in [0.15, 0.2) is 0 Å². The molecule has 0 saturated carbocycles. The van der Waals surface area contributed by atoms with Crippen LogP contribution in [0.25, 0.3) is 0 Å². The van der Waals surface area contributed by atoms with Crippen molar-refractivity contribution in [1.29, 1.82) is 0 Å². The Morgan fingerprint density at radius 1 is 1.23 bits per heavy atom. The van der Waals surface area contributed by atoms with E-state index in [9.17, 15) is 9.59 Å². The lowest BCUT2D eigenvalue weighted by Gasteiger charge is -2.20. The number of hydrazone groups is 1. The Labute approximate surface area is 185 Å². The van der Waals surface area contributed by atoms with Crippen LogP contribution in [0.2, 0.25) is 10.0 Å². The predicted molar refractivity (Wildman–Crippen MR) is 119 cm³/mol. The fraction of sp³-hybridized carbons (Fsp3) is 0.227. The normalized spacial score (nSPS) is 11.7. The highest BCUT2D eigenvalue weighted by molar-refractivity contribution is 6.36. The smallest absolute Gasteiger partial charge is 0.262 e. The van der Waals surface area contributed by atoms with Crippen molar-refractivity contribution >= 4 is 41.2 Å². The van der Waals surface area contributed by atoms with Crippen molar-refractivity contribution < 1.29 is 14.3 Å². The SMILES string of the molecule is C#CCOc1ccccc1/C=N/NC(=O)C(NC(=O)c1ccc(Cl)cc1Cl)C(C)C.